The Morgan fingerprint density at radius 1 is 0.694 bits per heavy atom. The lowest BCUT2D eigenvalue weighted by atomic mass is 9.98. The predicted octanol–water partition coefficient (Wildman–Crippen LogP) is 4.83. The second kappa shape index (κ2) is 13.3. The van der Waals surface area contributed by atoms with Gasteiger partial charge in [0.2, 0.25) is 0 Å². The van der Waals surface area contributed by atoms with Crippen molar-refractivity contribution in [3.05, 3.63) is 114 Å². The Hall–Kier alpha value is -3.86. The third-order valence-electron chi connectivity index (χ3n) is 5.41. The summed E-state index contributed by atoms with van der Waals surface area (Å²) in [5, 5.41) is 12.3. The zero-order valence-electron chi connectivity index (χ0n) is 20.4. The summed E-state index contributed by atoms with van der Waals surface area (Å²) >= 11 is 0. The smallest absolute Gasteiger partial charge is 0.196 e. The number of aliphatic hydroxyl groups excluding tert-OH is 1. The summed E-state index contributed by atoms with van der Waals surface area (Å²) in [6, 6.07) is 30.9. The third kappa shape index (κ3) is 6.63. The van der Waals surface area contributed by atoms with Crippen molar-refractivity contribution in [2.24, 2.45) is 0 Å². The minimum absolute atomic E-state index is 0.277. The predicted molar refractivity (Wildman–Crippen MR) is 143 cm³/mol. The Morgan fingerprint density at radius 2 is 1.11 bits per heavy atom. The zero-order valence-corrected chi connectivity index (χ0v) is 21.4. The van der Waals surface area contributed by atoms with E-state index in [2.05, 4.69) is 0 Å². The highest BCUT2D eigenvalue weighted by Crippen LogP contribution is 2.39. The van der Waals surface area contributed by atoms with Gasteiger partial charge in [0.1, 0.15) is 31.2 Å². The molecule has 1 N–H and O–H groups in total. The summed E-state index contributed by atoms with van der Waals surface area (Å²) in [4.78, 5) is 12.4. The molecule has 6 nitrogen and oxygen atoms in total. The van der Waals surface area contributed by atoms with Crippen LogP contribution in [-0.2, 0) is 4.57 Å². The van der Waals surface area contributed by atoms with Crippen LogP contribution in [0.1, 0.15) is 22.0 Å². The van der Waals surface area contributed by atoms with Crippen molar-refractivity contribution in [1.82, 2.24) is 0 Å². The molecular formula is C29H29O6P. The molecule has 0 fully saturated rings. The molecule has 0 amide bonds. The summed E-state index contributed by atoms with van der Waals surface area (Å²) in [7, 11) is 2.63. The van der Waals surface area contributed by atoms with Gasteiger partial charge >= 0.3 is 0 Å². The number of hydrogen-bond acceptors (Lipinski definition) is 6. The summed E-state index contributed by atoms with van der Waals surface area (Å²) in [5.74, 6) is 0.736. The average Bonchev–Trinajstić information content (AvgIpc) is 2.96. The number of carbonyl (C=O) groups is 1. The van der Waals surface area contributed by atoms with Gasteiger partial charge < -0.3 is 23.9 Å². The van der Waals surface area contributed by atoms with E-state index in [1.165, 1.54) is 21.3 Å². The van der Waals surface area contributed by atoms with Crippen molar-refractivity contribution in [2.45, 2.75) is 6.10 Å². The van der Waals surface area contributed by atoms with Crippen molar-refractivity contribution >= 4 is 24.2 Å². The van der Waals surface area contributed by atoms with Crippen LogP contribution in [-0.4, -0.2) is 32.2 Å². The molecule has 0 heterocycles. The van der Waals surface area contributed by atoms with Gasteiger partial charge in [0.25, 0.3) is 0 Å². The van der Waals surface area contributed by atoms with E-state index in [4.69, 9.17) is 14.2 Å². The summed E-state index contributed by atoms with van der Waals surface area (Å²) in [6.07, 6.45) is -1.39. The molecule has 36 heavy (non-hydrogen) atoms. The first-order valence-corrected chi connectivity index (χ1v) is 12.6. The van der Waals surface area contributed by atoms with Crippen molar-refractivity contribution in [2.75, 3.05) is 21.3 Å². The highest BCUT2D eigenvalue weighted by molar-refractivity contribution is 7.61. The first kappa shape index (κ1) is 26.7. The maximum absolute atomic E-state index is 12.4. The average molecular weight is 505 g/mol. The molecule has 1 atom stereocenters. The summed E-state index contributed by atoms with van der Waals surface area (Å²) < 4.78 is 27.7. The largest absolute Gasteiger partial charge is 0.496 e. The number of hydrogen-bond donors (Lipinski definition) is 1. The lowest BCUT2D eigenvalue weighted by Gasteiger charge is -2.18. The fourth-order valence-electron chi connectivity index (χ4n) is 3.54. The fourth-order valence-corrected chi connectivity index (χ4v) is 4.86. The van der Waals surface area contributed by atoms with E-state index in [1.54, 1.807) is 42.5 Å². The third-order valence-corrected chi connectivity index (χ3v) is 7.12. The molecule has 0 aromatic heterocycles. The first-order chi connectivity index (χ1) is 17.5. The molecule has 0 radical (unpaired) electrons. The molecule has 4 rings (SSSR count). The van der Waals surface area contributed by atoms with Crippen LogP contribution in [0.2, 0.25) is 0 Å². The number of carbonyl (C=O) groups excluding carboxylic acids is 1. The number of ether oxygens (including phenoxy) is 3. The van der Waals surface area contributed by atoms with E-state index < -0.39 is 19.7 Å². The van der Waals surface area contributed by atoms with E-state index in [9.17, 15) is 14.5 Å². The minimum Gasteiger partial charge on any atom is -0.496 e. The van der Waals surface area contributed by atoms with Gasteiger partial charge in [0.05, 0.1) is 26.9 Å². The van der Waals surface area contributed by atoms with E-state index in [0.29, 0.717) is 22.8 Å². The number of aliphatic hydroxyl groups is 1. The Bertz CT molecular complexity index is 1210. The van der Waals surface area contributed by atoms with Gasteiger partial charge in [-0.05, 0) is 0 Å². The quantitative estimate of drug-likeness (QED) is 0.274. The van der Waals surface area contributed by atoms with Gasteiger partial charge in [-0.1, -0.05) is 91.0 Å². The maximum Gasteiger partial charge on any atom is 0.196 e. The molecule has 0 saturated carbocycles. The number of Topliss-reactive ketones (excluding diaryl/α,β-unsaturated/α-hetero) is 1. The second-order valence-corrected chi connectivity index (χ2v) is 9.45. The van der Waals surface area contributed by atoms with Gasteiger partial charge in [0, 0.05) is 28.3 Å². The highest BCUT2D eigenvalue weighted by atomic mass is 31.1. The van der Waals surface area contributed by atoms with Crippen LogP contribution in [0, 0.1) is 0 Å². The SMILES string of the molecule is COc1cc(OC)c(C(O)C(=O)c2ccccc2)c(OC)c1.O=[PH](c1ccccc1)c1ccccc1. The van der Waals surface area contributed by atoms with Crippen molar-refractivity contribution in [1.29, 1.82) is 0 Å². The van der Waals surface area contributed by atoms with Gasteiger partial charge in [-0.3, -0.25) is 4.79 Å². The highest BCUT2D eigenvalue weighted by Gasteiger charge is 2.27. The molecule has 4 aromatic carbocycles. The normalized spacial score (nSPS) is 11.1. The van der Waals surface area contributed by atoms with Gasteiger partial charge in [-0.2, -0.15) is 0 Å². The Balaban J connectivity index is 0.000000221. The van der Waals surface area contributed by atoms with E-state index in [0.717, 1.165) is 10.6 Å². The van der Waals surface area contributed by atoms with Gasteiger partial charge in [0.15, 0.2) is 5.78 Å². The molecule has 1 unspecified atom stereocenters. The Morgan fingerprint density at radius 3 is 1.50 bits per heavy atom. The molecule has 0 bridgehead atoms. The van der Waals surface area contributed by atoms with Crippen LogP contribution in [0.4, 0.5) is 0 Å². The number of rotatable bonds is 8. The van der Waals surface area contributed by atoms with Crippen LogP contribution in [0.3, 0.4) is 0 Å². The lowest BCUT2D eigenvalue weighted by Crippen LogP contribution is -2.14. The standard InChI is InChI=1S/C17H18O5.C12H11OP/c1-20-12-9-13(21-2)15(14(10-12)22-3)17(19)16(18)11-7-5-4-6-8-11;13-14(11-7-3-1-4-8-11)12-9-5-2-6-10-12/h4-10,17,19H,1-3H3;1-10,14H. The van der Waals surface area contributed by atoms with Gasteiger partial charge in [-0.15, -0.1) is 0 Å². The molecule has 0 spiro atoms. The molecule has 4 aromatic rings. The van der Waals surface area contributed by atoms with E-state index in [-0.39, 0.29) is 5.56 Å². The van der Waals surface area contributed by atoms with Crippen LogP contribution in [0.15, 0.2) is 103 Å². The lowest BCUT2D eigenvalue weighted by molar-refractivity contribution is 0.0736. The minimum atomic E-state index is -1.79. The summed E-state index contributed by atoms with van der Waals surface area (Å²) in [6.45, 7) is 0. The molecule has 0 saturated heterocycles. The van der Waals surface area contributed by atoms with Crippen molar-refractivity contribution in [3.8, 4) is 17.2 Å². The second-order valence-electron chi connectivity index (χ2n) is 7.64. The molecule has 186 valence electrons. The summed E-state index contributed by atoms with van der Waals surface area (Å²) in [5.41, 5.74) is 0.689. The van der Waals surface area contributed by atoms with E-state index >= 15 is 0 Å². The number of ketones is 1. The van der Waals surface area contributed by atoms with Gasteiger partial charge in [-0.25, -0.2) is 0 Å². The van der Waals surface area contributed by atoms with Crippen LogP contribution >= 0.6 is 7.80 Å². The zero-order chi connectivity index (χ0) is 25.9. The maximum atomic E-state index is 12.4. The topological polar surface area (TPSA) is 82.1 Å². The van der Waals surface area contributed by atoms with Crippen molar-refractivity contribution < 1.29 is 28.7 Å². The molecule has 0 aliphatic carbocycles. The Kier molecular flexibility index (Phi) is 9.87. The van der Waals surface area contributed by atoms with E-state index in [1.807, 2.05) is 60.7 Å². The molecular weight excluding hydrogens is 475 g/mol. The van der Waals surface area contributed by atoms with Crippen LogP contribution in [0.25, 0.3) is 0 Å². The van der Waals surface area contributed by atoms with Crippen molar-refractivity contribution in [3.63, 3.8) is 0 Å². The van der Waals surface area contributed by atoms with Crippen LogP contribution < -0.4 is 24.8 Å². The monoisotopic (exact) mass is 504 g/mol. The first-order valence-electron chi connectivity index (χ1n) is 11.2. The number of methoxy groups -OCH3 is 3. The molecule has 0 aliphatic heterocycles. The molecule has 7 heteroatoms. The number of benzene rings is 4. The molecule has 0 aliphatic rings. The fraction of sp³-hybridized carbons (Fsp3) is 0.138. The van der Waals surface area contributed by atoms with Crippen LogP contribution in [0.5, 0.6) is 17.2 Å². The Labute approximate surface area is 211 Å².